The summed E-state index contributed by atoms with van der Waals surface area (Å²) < 4.78 is 3.43. The molecule has 6 nitrogen and oxygen atoms in total. The van der Waals surface area contributed by atoms with Gasteiger partial charge in [0.05, 0.1) is 11.1 Å². The molecule has 4 aromatic rings. The Kier molecular flexibility index (Phi) is 6.14. The van der Waals surface area contributed by atoms with Crippen molar-refractivity contribution in [2.45, 2.75) is 70.3 Å². The summed E-state index contributed by atoms with van der Waals surface area (Å²) in [6.07, 6.45) is 7.08. The van der Waals surface area contributed by atoms with Crippen LogP contribution >= 0.6 is 23.1 Å². The number of thioether (sulfide) groups is 1. The number of aromatic nitrogens is 4. The van der Waals surface area contributed by atoms with Crippen molar-refractivity contribution in [3.63, 3.8) is 0 Å². The van der Waals surface area contributed by atoms with E-state index in [4.69, 9.17) is 4.98 Å². The van der Waals surface area contributed by atoms with Crippen molar-refractivity contribution in [1.82, 2.24) is 18.9 Å². The minimum Gasteiger partial charge on any atom is -0.287 e. The zero-order chi connectivity index (χ0) is 23.1. The van der Waals surface area contributed by atoms with Gasteiger partial charge in [-0.25, -0.2) is 9.97 Å². The van der Waals surface area contributed by atoms with Crippen molar-refractivity contribution in [1.29, 1.82) is 0 Å². The zero-order valence-corrected chi connectivity index (χ0v) is 20.9. The number of thiophene rings is 1. The molecular formula is C25H28N4O2S2. The van der Waals surface area contributed by atoms with Gasteiger partial charge in [0.15, 0.2) is 5.16 Å². The molecule has 8 heteroatoms. The van der Waals surface area contributed by atoms with E-state index in [1.807, 2.05) is 23.6 Å². The van der Waals surface area contributed by atoms with Crippen LogP contribution in [0.3, 0.4) is 0 Å². The fraction of sp³-hybridized carbons (Fsp3) is 0.440. The van der Waals surface area contributed by atoms with E-state index in [9.17, 15) is 9.59 Å². The maximum Gasteiger partial charge on any atom is 0.263 e. The van der Waals surface area contributed by atoms with Gasteiger partial charge in [0.2, 0.25) is 0 Å². The summed E-state index contributed by atoms with van der Waals surface area (Å²) in [6.45, 7) is 6.95. The average Bonchev–Trinajstić information content (AvgIpc) is 3.16. The highest BCUT2D eigenvalue weighted by Crippen LogP contribution is 2.35. The first-order valence-electron chi connectivity index (χ1n) is 11.6. The summed E-state index contributed by atoms with van der Waals surface area (Å²) in [4.78, 5) is 38.0. The highest BCUT2D eigenvalue weighted by molar-refractivity contribution is 7.98. The monoisotopic (exact) mass is 480 g/mol. The smallest absolute Gasteiger partial charge is 0.263 e. The van der Waals surface area contributed by atoms with Crippen LogP contribution in [-0.4, -0.2) is 18.9 Å². The summed E-state index contributed by atoms with van der Waals surface area (Å²) in [5.74, 6) is 0.983. The fourth-order valence-corrected chi connectivity index (χ4v) is 6.61. The molecule has 1 aliphatic carbocycles. The molecule has 0 radical (unpaired) electrons. The van der Waals surface area contributed by atoms with Crippen LogP contribution in [0.2, 0.25) is 0 Å². The van der Waals surface area contributed by atoms with Crippen molar-refractivity contribution >= 4 is 39.0 Å². The Morgan fingerprint density at radius 1 is 1.15 bits per heavy atom. The quantitative estimate of drug-likeness (QED) is 0.287. The molecule has 0 aliphatic heterocycles. The van der Waals surface area contributed by atoms with Gasteiger partial charge in [-0.1, -0.05) is 31.7 Å². The molecule has 0 aromatic carbocycles. The lowest BCUT2D eigenvalue weighted by molar-refractivity contribution is 0.481. The van der Waals surface area contributed by atoms with Crippen LogP contribution in [0.25, 0.3) is 15.9 Å². The lowest BCUT2D eigenvalue weighted by atomic mass is 9.97. The van der Waals surface area contributed by atoms with E-state index in [2.05, 4.69) is 18.8 Å². The number of rotatable bonds is 6. The summed E-state index contributed by atoms with van der Waals surface area (Å²) in [5.41, 5.74) is 3.57. The highest BCUT2D eigenvalue weighted by atomic mass is 32.2. The minimum atomic E-state index is -0.0918. The number of fused-ring (bicyclic) bond motifs is 4. The first kappa shape index (κ1) is 22.3. The van der Waals surface area contributed by atoms with E-state index in [-0.39, 0.29) is 11.1 Å². The van der Waals surface area contributed by atoms with Gasteiger partial charge in [0, 0.05) is 29.4 Å². The molecule has 0 saturated heterocycles. The Morgan fingerprint density at radius 3 is 2.79 bits per heavy atom. The summed E-state index contributed by atoms with van der Waals surface area (Å²) in [7, 11) is 0. The first-order valence-corrected chi connectivity index (χ1v) is 13.4. The number of hydrogen-bond donors (Lipinski definition) is 0. The summed E-state index contributed by atoms with van der Waals surface area (Å²) >= 11 is 3.18. The third-order valence-electron chi connectivity index (χ3n) is 6.18. The number of hydrogen-bond acceptors (Lipinski definition) is 6. The van der Waals surface area contributed by atoms with E-state index < -0.39 is 0 Å². The van der Waals surface area contributed by atoms with Crippen molar-refractivity contribution in [2.75, 3.05) is 0 Å². The van der Waals surface area contributed by atoms with Crippen LogP contribution in [0.5, 0.6) is 0 Å². The molecule has 1 aliphatic rings. The lowest BCUT2D eigenvalue weighted by Crippen LogP contribution is -2.24. The summed E-state index contributed by atoms with van der Waals surface area (Å²) in [6, 6.07) is 5.40. The van der Waals surface area contributed by atoms with E-state index in [0.717, 1.165) is 46.6 Å². The van der Waals surface area contributed by atoms with E-state index in [1.54, 1.807) is 28.0 Å². The van der Waals surface area contributed by atoms with Crippen LogP contribution in [-0.2, 0) is 25.1 Å². The third kappa shape index (κ3) is 4.38. The topological polar surface area (TPSA) is 69.3 Å². The Labute approximate surface area is 200 Å². The summed E-state index contributed by atoms with van der Waals surface area (Å²) in [5, 5.41) is 1.55. The highest BCUT2D eigenvalue weighted by Gasteiger charge is 2.22. The molecular weight excluding hydrogens is 452 g/mol. The molecule has 4 heterocycles. The molecule has 0 bridgehead atoms. The van der Waals surface area contributed by atoms with Crippen LogP contribution in [0.4, 0.5) is 0 Å². The maximum atomic E-state index is 13.6. The van der Waals surface area contributed by atoms with E-state index in [0.29, 0.717) is 29.6 Å². The van der Waals surface area contributed by atoms with Gasteiger partial charge in [-0.2, -0.15) is 0 Å². The molecule has 0 N–H and O–H groups in total. The Bertz CT molecular complexity index is 1470. The predicted octanol–water partition coefficient (Wildman–Crippen LogP) is 4.99. The maximum absolute atomic E-state index is 13.6. The van der Waals surface area contributed by atoms with Crippen LogP contribution in [0.1, 0.15) is 54.8 Å². The van der Waals surface area contributed by atoms with Crippen molar-refractivity contribution in [3.8, 4) is 0 Å². The van der Waals surface area contributed by atoms with Gasteiger partial charge < -0.3 is 0 Å². The van der Waals surface area contributed by atoms with Crippen molar-refractivity contribution in [2.24, 2.45) is 5.92 Å². The Morgan fingerprint density at radius 2 is 1.97 bits per heavy atom. The second-order valence-corrected chi connectivity index (χ2v) is 11.3. The van der Waals surface area contributed by atoms with Crippen molar-refractivity contribution in [3.05, 3.63) is 66.8 Å². The second-order valence-electron chi connectivity index (χ2n) is 9.23. The molecule has 5 rings (SSSR count). The van der Waals surface area contributed by atoms with Crippen molar-refractivity contribution < 1.29 is 0 Å². The van der Waals surface area contributed by atoms with Crippen LogP contribution < -0.4 is 11.1 Å². The SMILES string of the molecule is Cc1ccc2nc(CSc3nc4sc5c(c4c(=O)n3CCC(C)C)CCCC5)cc(=O)n2c1. The molecule has 0 spiro atoms. The molecule has 172 valence electrons. The molecule has 4 aromatic heterocycles. The fourth-order valence-electron chi connectivity index (χ4n) is 4.39. The Hall–Kier alpha value is -2.45. The molecule has 33 heavy (non-hydrogen) atoms. The van der Waals surface area contributed by atoms with E-state index in [1.165, 1.54) is 28.6 Å². The standard InChI is InChI=1S/C25H28N4O2S2/c1-15(2)10-11-28-24(31)22-18-6-4-5-7-19(18)33-23(22)27-25(28)32-14-17-12-21(30)29-13-16(3)8-9-20(29)26-17/h8-9,12-13,15H,4-7,10-11,14H2,1-3H3. The molecule has 0 fully saturated rings. The number of nitrogens with zero attached hydrogens (tertiary/aromatic N) is 4. The van der Waals surface area contributed by atoms with Gasteiger partial charge >= 0.3 is 0 Å². The van der Waals surface area contributed by atoms with E-state index >= 15 is 0 Å². The number of pyridine rings is 1. The first-order chi connectivity index (χ1) is 15.9. The average molecular weight is 481 g/mol. The number of aryl methyl sites for hydroxylation is 3. The third-order valence-corrected chi connectivity index (χ3v) is 8.38. The molecule has 0 atom stereocenters. The largest absolute Gasteiger partial charge is 0.287 e. The normalized spacial score (nSPS) is 13.8. The molecule has 0 amide bonds. The van der Waals surface area contributed by atoms with Crippen LogP contribution in [0.15, 0.2) is 39.1 Å². The lowest BCUT2D eigenvalue weighted by Gasteiger charge is -2.14. The molecule has 0 saturated carbocycles. The molecule has 0 unspecified atom stereocenters. The zero-order valence-electron chi connectivity index (χ0n) is 19.3. The van der Waals surface area contributed by atoms with Gasteiger partial charge in [0.25, 0.3) is 11.1 Å². The predicted molar refractivity (Wildman–Crippen MR) is 136 cm³/mol. The van der Waals surface area contributed by atoms with Crippen LogP contribution in [0, 0.1) is 12.8 Å². The Balaban J connectivity index is 1.53. The van der Waals surface area contributed by atoms with Gasteiger partial charge in [-0.3, -0.25) is 18.6 Å². The second kappa shape index (κ2) is 9.06. The minimum absolute atomic E-state index is 0.0876. The van der Waals surface area contributed by atoms with Gasteiger partial charge in [0.1, 0.15) is 10.5 Å². The van der Waals surface area contributed by atoms with Gasteiger partial charge in [-0.15, -0.1) is 11.3 Å². The van der Waals surface area contributed by atoms with Gasteiger partial charge in [-0.05, 0) is 62.1 Å².